The Morgan fingerprint density at radius 2 is 1.85 bits per heavy atom. The third kappa shape index (κ3) is 1.63. The van der Waals surface area contributed by atoms with Gasteiger partial charge >= 0.3 is 0 Å². The molecule has 2 heteroatoms. The number of allylic oxidation sites excluding steroid dienone is 1. The molecule has 2 nitrogen and oxygen atoms in total. The molecule has 0 heterocycles. The van der Waals surface area contributed by atoms with E-state index in [1.807, 2.05) is 6.08 Å². The lowest BCUT2D eigenvalue weighted by molar-refractivity contribution is -0.131. The van der Waals surface area contributed by atoms with Crippen LogP contribution in [0, 0.1) is 29.1 Å². The second-order valence-corrected chi connectivity index (χ2v) is 7.72. The van der Waals surface area contributed by atoms with Crippen LogP contribution in [0.2, 0.25) is 0 Å². The Kier molecular flexibility index (Phi) is 2.74. The van der Waals surface area contributed by atoms with Crippen LogP contribution in [0.15, 0.2) is 11.6 Å². The van der Waals surface area contributed by atoms with Gasteiger partial charge in [-0.2, -0.15) is 0 Å². The minimum Gasteiger partial charge on any atom is -0.299 e. The summed E-state index contributed by atoms with van der Waals surface area (Å²) in [6, 6.07) is 0. The van der Waals surface area contributed by atoms with E-state index in [9.17, 15) is 9.59 Å². The molecule has 0 unspecified atom stereocenters. The van der Waals surface area contributed by atoms with E-state index in [4.69, 9.17) is 0 Å². The minimum atomic E-state index is -0.00707. The first-order chi connectivity index (χ1) is 9.59. The Balaban J connectivity index is 1.65. The van der Waals surface area contributed by atoms with Crippen LogP contribution in [0.3, 0.4) is 0 Å². The molecule has 3 fully saturated rings. The lowest BCUT2D eigenvalue weighted by Gasteiger charge is -2.52. The third-order valence-electron chi connectivity index (χ3n) is 7.01. The summed E-state index contributed by atoms with van der Waals surface area (Å²) >= 11 is 0. The van der Waals surface area contributed by atoms with Crippen LogP contribution in [0.25, 0.3) is 0 Å². The highest BCUT2D eigenvalue weighted by atomic mass is 16.1. The van der Waals surface area contributed by atoms with Gasteiger partial charge in [0.1, 0.15) is 5.78 Å². The van der Waals surface area contributed by atoms with E-state index in [2.05, 4.69) is 6.92 Å². The van der Waals surface area contributed by atoms with Gasteiger partial charge in [0.25, 0.3) is 0 Å². The Hall–Kier alpha value is -0.920. The van der Waals surface area contributed by atoms with Gasteiger partial charge in [-0.1, -0.05) is 12.5 Å². The molecule has 0 aliphatic heterocycles. The first kappa shape index (κ1) is 12.8. The second kappa shape index (κ2) is 4.29. The fourth-order valence-corrected chi connectivity index (χ4v) is 5.95. The highest BCUT2D eigenvalue weighted by molar-refractivity contribution is 5.91. The van der Waals surface area contributed by atoms with Gasteiger partial charge in [-0.3, -0.25) is 9.59 Å². The average Bonchev–Trinajstić information content (AvgIpc) is 2.74. The summed E-state index contributed by atoms with van der Waals surface area (Å²) in [7, 11) is 0. The van der Waals surface area contributed by atoms with Crippen LogP contribution in [0.4, 0.5) is 0 Å². The predicted octanol–water partition coefficient (Wildman–Crippen LogP) is 3.70. The summed E-state index contributed by atoms with van der Waals surface area (Å²) < 4.78 is 0. The number of hydrogen-bond acceptors (Lipinski definition) is 2. The monoisotopic (exact) mass is 272 g/mol. The fourth-order valence-electron chi connectivity index (χ4n) is 5.95. The maximum Gasteiger partial charge on any atom is 0.155 e. The first-order valence-corrected chi connectivity index (χ1v) is 8.36. The Morgan fingerprint density at radius 1 is 1.00 bits per heavy atom. The molecule has 3 saturated carbocycles. The van der Waals surface area contributed by atoms with Gasteiger partial charge in [-0.25, -0.2) is 0 Å². The molecular formula is C18H24O2. The minimum absolute atomic E-state index is 0.00707. The first-order valence-electron chi connectivity index (χ1n) is 8.36. The summed E-state index contributed by atoms with van der Waals surface area (Å²) in [5.74, 6) is 3.66. The van der Waals surface area contributed by atoms with Crippen molar-refractivity contribution in [3.05, 3.63) is 11.6 Å². The van der Waals surface area contributed by atoms with E-state index in [0.717, 1.165) is 50.4 Å². The molecule has 0 bridgehead atoms. The number of Topliss-reactive ketones (excluding diaryl/α,β-unsaturated/α-hetero) is 1. The van der Waals surface area contributed by atoms with Crippen molar-refractivity contribution in [2.24, 2.45) is 29.1 Å². The average molecular weight is 272 g/mol. The van der Waals surface area contributed by atoms with Crippen molar-refractivity contribution in [3.8, 4) is 0 Å². The zero-order valence-corrected chi connectivity index (χ0v) is 12.4. The normalized spacial score (nSPS) is 47.4. The van der Waals surface area contributed by atoms with Crippen molar-refractivity contribution in [1.82, 2.24) is 0 Å². The van der Waals surface area contributed by atoms with E-state index in [1.165, 1.54) is 18.4 Å². The maximum absolute atomic E-state index is 12.3. The van der Waals surface area contributed by atoms with E-state index < -0.39 is 0 Å². The molecule has 0 aromatic heterocycles. The number of fused-ring (bicyclic) bond motifs is 5. The van der Waals surface area contributed by atoms with Gasteiger partial charge in [0.05, 0.1) is 0 Å². The zero-order valence-electron chi connectivity index (χ0n) is 12.4. The quantitative estimate of drug-likeness (QED) is 0.674. The van der Waals surface area contributed by atoms with Gasteiger partial charge < -0.3 is 0 Å². The maximum atomic E-state index is 12.3. The highest BCUT2D eigenvalue weighted by Crippen LogP contribution is 2.60. The van der Waals surface area contributed by atoms with Crippen molar-refractivity contribution >= 4 is 11.6 Å². The van der Waals surface area contributed by atoms with Gasteiger partial charge in [0.2, 0.25) is 0 Å². The summed E-state index contributed by atoms with van der Waals surface area (Å²) in [6.45, 7) is 2.24. The zero-order chi connectivity index (χ0) is 13.9. The van der Waals surface area contributed by atoms with Crippen molar-refractivity contribution in [2.45, 2.75) is 58.3 Å². The largest absolute Gasteiger partial charge is 0.299 e. The number of carbonyl (C=O) groups is 2. The summed E-state index contributed by atoms with van der Waals surface area (Å²) in [5.41, 5.74) is 1.43. The van der Waals surface area contributed by atoms with Crippen LogP contribution in [0.5, 0.6) is 0 Å². The Bertz CT molecular complexity index is 504. The van der Waals surface area contributed by atoms with Crippen molar-refractivity contribution < 1.29 is 9.59 Å². The number of rotatable bonds is 0. The number of carbonyl (C=O) groups excluding carboxylic acids is 2. The Morgan fingerprint density at radius 3 is 2.70 bits per heavy atom. The molecule has 4 rings (SSSR count). The summed E-state index contributed by atoms with van der Waals surface area (Å²) in [5, 5.41) is 0. The predicted molar refractivity (Wildman–Crippen MR) is 77.1 cm³/mol. The van der Waals surface area contributed by atoms with Crippen molar-refractivity contribution in [2.75, 3.05) is 0 Å². The van der Waals surface area contributed by atoms with Gasteiger partial charge in [-0.05, 0) is 68.3 Å². The van der Waals surface area contributed by atoms with E-state index >= 15 is 0 Å². The molecule has 0 saturated heterocycles. The standard InChI is InChI=1S/C18H24O2/c1-18-9-8-14-13-5-3-12(19)10-11(13)2-4-15(14)16(18)6-7-17(18)20/h10,13-16H,2-9H2,1H3/t13-,14-,15+,16+,18-/m1/s1. The van der Waals surface area contributed by atoms with E-state index in [0.29, 0.717) is 23.4 Å². The molecule has 5 atom stereocenters. The van der Waals surface area contributed by atoms with E-state index in [-0.39, 0.29) is 5.41 Å². The van der Waals surface area contributed by atoms with Crippen LogP contribution in [-0.2, 0) is 9.59 Å². The molecule has 0 spiro atoms. The molecule has 0 radical (unpaired) electrons. The molecule has 108 valence electrons. The molecule has 0 aromatic rings. The van der Waals surface area contributed by atoms with Crippen LogP contribution in [0.1, 0.15) is 58.3 Å². The van der Waals surface area contributed by atoms with Crippen LogP contribution in [-0.4, -0.2) is 11.6 Å². The molecule has 4 aliphatic carbocycles. The topological polar surface area (TPSA) is 34.1 Å². The smallest absolute Gasteiger partial charge is 0.155 e. The van der Waals surface area contributed by atoms with Gasteiger partial charge in [-0.15, -0.1) is 0 Å². The lowest BCUT2D eigenvalue weighted by atomic mass is 9.52. The summed E-state index contributed by atoms with van der Waals surface area (Å²) in [4.78, 5) is 23.9. The molecular weight excluding hydrogens is 248 g/mol. The SMILES string of the molecule is C[C@@]12CC[C@H]3[C@H](CCC4=CC(=O)CC[C@H]43)[C@@H]1CCC2=O. The fraction of sp³-hybridized carbons (Fsp3) is 0.778. The molecule has 20 heavy (non-hydrogen) atoms. The van der Waals surface area contributed by atoms with Crippen molar-refractivity contribution in [1.29, 1.82) is 0 Å². The van der Waals surface area contributed by atoms with Crippen LogP contribution < -0.4 is 0 Å². The van der Waals surface area contributed by atoms with E-state index in [1.54, 1.807) is 0 Å². The Labute approximate surface area is 121 Å². The molecule has 0 aromatic carbocycles. The molecule has 0 N–H and O–H groups in total. The van der Waals surface area contributed by atoms with Crippen molar-refractivity contribution in [3.63, 3.8) is 0 Å². The molecule has 4 aliphatic rings. The number of ketones is 2. The van der Waals surface area contributed by atoms with Gasteiger partial charge in [0.15, 0.2) is 5.78 Å². The number of hydrogen-bond donors (Lipinski definition) is 0. The lowest BCUT2D eigenvalue weighted by Crippen LogP contribution is -2.46. The van der Waals surface area contributed by atoms with Gasteiger partial charge in [0, 0.05) is 18.3 Å². The van der Waals surface area contributed by atoms with Crippen LogP contribution >= 0.6 is 0 Å². The highest BCUT2D eigenvalue weighted by Gasteiger charge is 2.55. The second-order valence-electron chi connectivity index (χ2n) is 7.72. The molecule has 0 amide bonds. The summed E-state index contributed by atoms with van der Waals surface area (Å²) in [6.07, 6.45) is 10.3. The third-order valence-corrected chi connectivity index (χ3v) is 7.01.